The second-order valence-electron chi connectivity index (χ2n) is 6.28. The van der Waals surface area contributed by atoms with Crippen molar-refractivity contribution >= 4 is 41.0 Å². The molecule has 2 aromatic heterocycles. The van der Waals surface area contributed by atoms with Crippen LogP contribution in [0.25, 0.3) is 11.0 Å². The van der Waals surface area contributed by atoms with Gasteiger partial charge in [-0.15, -0.1) is 24.0 Å². The van der Waals surface area contributed by atoms with E-state index >= 15 is 0 Å². The van der Waals surface area contributed by atoms with Crippen LogP contribution in [0.2, 0.25) is 0 Å². The van der Waals surface area contributed by atoms with E-state index in [4.69, 9.17) is 0 Å². The van der Waals surface area contributed by atoms with E-state index < -0.39 is 0 Å². The van der Waals surface area contributed by atoms with Crippen molar-refractivity contribution in [2.24, 2.45) is 4.99 Å². The predicted octanol–water partition coefficient (Wildman–Crippen LogP) is 3.42. The van der Waals surface area contributed by atoms with Crippen LogP contribution in [0.4, 0.5) is 0 Å². The van der Waals surface area contributed by atoms with Crippen LogP contribution in [0, 0.1) is 13.8 Å². The minimum atomic E-state index is 0. The number of rotatable bonds is 6. The Morgan fingerprint density at radius 1 is 1.04 bits per heavy atom. The predicted molar refractivity (Wildman–Crippen MR) is 122 cm³/mol. The van der Waals surface area contributed by atoms with Crippen molar-refractivity contribution in [3.63, 3.8) is 0 Å². The third-order valence-corrected chi connectivity index (χ3v) is 4.30. The Morgan fingerprint density at radius 2 is 1.85 bits per heavy atom. The smallest absolute Gasteiger partial charge is 0.191 e. The summed E-state index contributed by atoms with van der Waals surface area (Å²) in [5.74, 6) is 1.85. The SMILES string of the molecule is CN=C(NCCCn1c(C)nc2ccccc21)NCc1cccc(C)n1.I. The summed E-state index contributed by atoms with van der Waals surface area (Å²) in [5, 5.41) is 6.67. The molecule has 0 saturated carbocycles. The number of guanidine groups is 1. The molecule has 6 nitrogen and oxygen atoms in total. The Hall–Kier alpha value is -2.16. The molecule has 0 fully saturated rings. The molecule has 0 atom stereocenters. The molecule has 0 saturated heterocycles. The first-order valence-corrected chi connectivity index (χ1v) is 8.96. The van der Waals surface area contributed by atoms with Crippen molar-refractivity contribution in [3.05, 3.63) is 59.7 Å². The first-order valence-electron chi connectivity index (χ1n) is 8.96. The summed E-state index contributed by atoms with van der Waals surface area (Å²) < 4.78 is 2.27. The number of hydrogen-bond acceptors (Lipinski definition) is 3. The van der Waals surface area contributed by atoms with Crippen molar-refractivity contribution in [3.8, 4) is 0 Å². The number of aryl methyl sites for hydroxylation is 3. The minimum absolute atomic E-state index is 0. The van der Waals surface area contributed by atoms with Crippen LogP contribution in [-0.4, -0.2) is 34.1 Å². The summed E-state index contributed by atoms with van der Waals surface area (Å²) in [4.78, 5) is 13.4. The molecule has 3 rings (SSSR count). The monoisotopic (exact) mass is 478 g/mol. The molecule has 0 aliphatic carbocycles. The second-order valence-corrected chi connectivity index (χ2v) is 6.28. The topological polar surface area (TPSA) is 67.1 Å². The fraction of sp³-hybridized carbons (Fsp3) is 0.350. The van der Waals surface area contributed by atoms with E-state index in [2.05, 4.69) is 55.3 Å². The van der Waals surface area contributed by atoms with Crippen LogP contribution in [0.3, 0.4) is 0 Å². The van der Waals surface area contributed by atoms with E-state index in [1.165, 1.54) is 5.52 Å². The van der Waals surface area contributed by atoms with E-state index in [0.29, 0.717) is 6.54 Å². The highest BCUT2D eigenvalue weighted by atomic mass is 127. The van der Waals surface area contributed by atoms with Gasteiger partial charge in [-0.2, -0.15) is 0 Å². The highest BCUT2D eigenvalue weighted by Crippen LogP contribution is 2.15. The van der Waals surface area contributed by atoms with Crippen LogP contribution in [0.15, 0.2) is 47.5 Å². The molecule has 144 valence electrons. The average molecular weight is 478 g/mol. The summed E-state index contributed by atoms with van der Waals surface area (Å²) in [6.45, 7) is 6.48. The van der Waals surface area contributed by atoms with E-state index in [-0.39, 0.29) is 24.0 Å². The molecular weight excluding hydrogens is 451 g/mol. The van der Waals surface area contributed by atoms with E-state index in [1.54, 1.807) is 7.05 Å². The van der Waals surface area contributed by atoms with Gasteiger partial charge in [0, 0.05) is 25.8 Å². The molecule has 0 aliphatic rings. The van der Waals surface area contributed by atoms with Crippen molar-refractivity contribution in [2.45, 2.75) is 33.4 Å². The van der Waals surface area contributed by atoms with Crippen molar-refractivity contribution < 1.29 is 0 Å². The van der Waals surface area contributed by atoms with Crippen LogP contribution in [-0.2, 0) is 13.1 Å². The maximum atomic E-state index is 4.61. The highest BCUT2D eigenvalue weighted by Gasteiger charge is 2.06. The lowest BCUT2D eigenvalue weighted by molar-refractivity contribution is 0.624. The third kappa shape index (κ3) is 5.66. The lowest BCUT2D eigenvalue weighted by atomic mass is 10.3. The number of nitrogens with one attached hydrogen (secondary N) is 2. The van der Waals surface area contributed by atoms with Gasteiger partial charge in [-0.25, -0.2) is 4.98 Å². The zero-order chi connectivity index (χ0) is 18.4. The molecule has 0 amide bonds. The van der Waals surface area contributed by atoms with E-state index in [1.807, 2.05) is 31.2 Å². The lowest BCUT2D eigenvalue weighted by Crippen LogP contribution is -2.37. The average Bonchev–Trinajstić information content (AvgIpc) is 2.96. The molecule has 3 aromatic rings. The highest BCUT2D eigenvalue weighted by molar-refractivity contribution is 14.0. The number of benzene rings is 1. The lowest BCUT2D eigenvalue weighted by Gasteiger charge is -2.12. The van der Waals surface area contributed by atoms with Crippen LogP contribution >= 0.6 is 24.0 Å². The molecule has 2 heterocycles. The number of nitrogens with zero attached hydrogens (tertiary/aromatic N) is 4. The van der Waals surface area contributed by atoms with Crippen molar-refractivity contribution in [1.82, 2.24) is 25.2 Å². The van der Waals surface area contributed by atoms with Gasteiger partial charge >= 0.3 is 0 Å². The Morgan fingerprint density at radius 3 is 2.63 bits per heavy atom. The number of imidazole rings is 1. The number of aliphatic imine (C=N–C) groups is 1. The largest absolute Gasteiger partial charge is 0.356 e. The summed E-state index contributed by atoms with van der Waals surface area (Å²) in [6, 6.07) is 14.3. The molecule has 0 unspecified atom stereocenters. The summed E-state index contributed by atoms with van der Waals surface area (Å²) >= 11 is 0. The van der Waals surface area contributed by atoms with Crippen LogP contribution in [0.5, 0.6) is 0 Å². The fourth-order valence-corrected chi connectivity index (χ4v) is 3.02. The fourth-order valence-electron chi connectivity index (χ4n) is 3.02. The maximum absolute atomic E-state index is 4.61. The van der Waals surface area contributed by atoms with Crippen molar-refractivity contribution in [2.75, 3.05) is 13.6 Å². The summed E-state index contributed by atoms with van der Waals surface area (Å²) in [6.07, 6.45) is 0.991. The van der Waals surface area contributed by atoms with Gasteiger partial charge in [-0.3, -0.25) is 9.98 Å². The molecule has 1 aromatic carbocycles. The van der Waals surface area contributed by atoms with Crippen molar-refractivity contribution in [1.29, 1.82) is 0 Å². The standard InChI is InChI=1S/C20H26N6.HI/c1-15-8-6-9-17(24-15)14-23-20(21-3)22-12-7-13-26-16(2)25-18-10-4-5-11-19(18)26;/h4-6,8-11H,7,12-14H2,1-3H3,(H2,21,22,23);1H. The summed E-state index contributed by atoms with van der Waals surface area (Å²) in [7, 11) is 1.78. The number of para-hydroxylation sites is 2. The number of aromatic nitrogens is 3. The van der Waals surface area contributed by atoms with Gasteiger partial charge in [-0.1, -0.05) is 18.2 Å². The van der Waals surface area contributed by atoms with Gasteiger partial charge in [0.05, 0.1) is 23.3 Å². The van der Waals surface area contributed by atoms with Crippen LogP contribution < -0.4 is 10.6 Å². The molecule has 7 heteroatoms. The first-order chi connectivity index (χ1) is 12.7. The quantitative estimate of drug-likeness (QED) is 0.247. The number of fused-ring (bicyclic) bond motifs is 1. The third-order valence-electron chi connectivity index (χ3n) is 4.30. The van der Waals surface area contributed by atoms with Gasteiger partial charge in [0.15, 0.2) is 5.96 Å². The van der Waals surface area contributed by atoms with Gasteiger partial charge in [-0.05, 0) is 44.5 Å². The summed E-state index contributed by atoms with van der Waals surface area (Å²) in [5.41, 5.74) is 4.28. The normalized spacial score (nSPS) is 11.3. The Labute approximate surface area is 177 Å². The molecule has 0 aliphatic heterocycles. The molecule has 2 N–H and O–H groups in total. The second kappa shape index (κ2) is 10.2. The molecule has 0 spiro atoms. The Balaban J connectivity index is 0.00000261. The van der Waals surface area contributed by atoms with Gasteiger partial charge in [0.2, 0.25) is 0 Å². The number of halogens is 1. The number of pyridine rings is 1. The molecule has 0 radical (unpaired) electrons. The van der Waals surface area contributed by atoms with Gasteiger partial charge < -0.3 is 15.2 Å². The maximum Gasteiger partial charge on any atom is 0.191 e. The first kappa shape index (κ1) is 21.1. The zero-order valence-electron chi connectivity index (χ0n) is 16.1. The molecule has 0 bridgehead atoms. The Bertz CT molecular complexity index is 902. The zero-order valence-corrected chi connectivity index (χ0v) is 18.4. The minimum Gasteiger partial charge on any atom is -0.356 e. The Kier molecular flexibility index (Phi) is 8.02. The number of hydrogen-bond donors (Lipinski definition) is 2. The van der Waals surface area contributed by atoms with Gasteiger partial charge in [0.25, 0.3) is 0 Å². The van der Waals surface area contributed by atoms with E-state index in [9.17, 15) is 0 Å². The van der Waals surface area contributed by atoms with E-state index in [0.717, 1.165) is 48.2 Å². The molecule has 27 heavy (non-hydrogen) atoms. The molecular formula is C20H27IN6. The van der Waals surface area contributed by atoms with Gasteiger partial charge in [0.1, 0.15) is 5.82 Å². The van der Waals surface area contributed by atoms with Crippen LogP contribution in [0.1, 0.15) is 23.6 Å².